The summed E-state index contributed by atoms with van der Waals surface area (Å²) in [4.78, 5) is 15.8. The number of halogens is 1. The van der Waals surface area contributed by atoms with Crippen LogP contribution in [-0.4, -0.2) is 17.8 Å². The van der Waals surface area contributed by atoms with E-state index in [1.807, 2.05) is 20.8 Å². The summed E-state index contributed by atoms with van der Waals surface area (Å²) in [6.45, 7) is 5.89. The van der Waals surface area contributed by atoms with E-state index in [1.54, 1.807) is 24.3 Å². The molecule has 1 amide bonds. The smallest absolute Gasteiger partial charge is 0.269 e. The zero-order valence-electron chi connectivity index (χ0n) is 10.1. The van der Waals surface area contributed by atoms with Crippen LogP contribution in [0, 0.1) is 0 Å². The summed E-state index contributed by atoms with van der Waals surface area (Å²) < 4.78 is 0. The molecule has 0 aliphatic carbocycles. The quantitative estimate of drug-likeness (QED) is 0.494. The third-order valence-corrected chi connectivity index (χ3v) is 2.06. The second-order valence-corrected chi connectivity index (χ2v) is 4.97. The third kappa shape index (κ3) is 5.36. The molecule has 0 fully saturated rings. The Morgan fingerprint density at radius 2 is 1.88 bits per heavy atom. The summed E-state index contributed by atoms with van der Waals surface area (Å²) in [7, 11) is 0. The number of hydrazine groups is 1. The van der Waals surface area contributed by atoms with E-state index in [0.717, 1.165) is 0 Å². The molecule has 5 heteroatoms. The zero-order chi connectivity index (χ0) is 12.9. The van der Waals surface area contributed by atoms with Crippen LogP contribution in [0.3, 0.4) is 0 Å². The van der Waals surface area contributed by atoms with Gasteiger partial charge in [0.15, 0.2) is 0 Å². The number of nitrogens with zero attached hydrogens (tertiary/aromatic N) is 1. The molecule has 0 radical (unpaired) electrons. The number of rotatable bonds is 3. The van der Waals surface area contributed by atoms with Crippen LogP contribution in [0.5, 0.6) is 0 Å². The summed E-state index contributed by atoms with van der Waals surface area (Å²) in [6.07, 6.45) is 1.47. The summed E-state index contributed by atoms with van der Waals surface area (Å²) in [5.74, 6) is -0.234. The Labute approximate surface area is 106 Å². The first-order chi connectivity index (χ1) is 7.88. The number of hydrogen-bond donors (Lipinski definition) is 2. The molecule has 0 saturated heterocycles. The van der Waals surface area contributed by atoms with Crippen molar-refractivity contribution < 1.29 is 4.79 Å². The van der Waals surface area contributed by atoms with Gasteiger partial charge in [-0.15, -0.1) is 0 Å². The SMILES string of the molecule is CC(C)(C)N=CNNC(=O)c1ccc(Cl)cc1. The fraction of sp³-hybridized carbons (Fsp3) is 0.333. The molecule has 0 aliphatic rings. The lowest BCUT2D eigenvalue weighted by atomic mass is 10.1. The number of carbonyl (C=O) groups is 1. The Hall–Kier alpha value is -1.55. The first kappa shape index (κ1) is 13.5. The number of hydrogen-bond acceptors (Lipinski definition) is 2. The lowest BCUT2D eigenvalue weighted by molar-refractivity contribution is 0.0944. The molecule has 17 heavy (non-hydrogen) atoms. The monoisotopic (exact) mass is 253 g/mol. The second kappa shape index (κ2) is 5.68. The third-order valence-electron chi connectivity index (χ3n) is 1.81. The molecule has 0 bridgehead atoms. The Morgan fingerprint density at radius 3 is 2.41 bits per heavy atom. The fourth-order valence-electron chi connectivity index (χ4n) is 0.997. The summed E-state index contributed by atoms with van der Waals surface area (Å²) in [5.41, 5.74) is 5.51. The van der Waals surface area contributed by atoms with Crippen molar-refractivity contribution in [3.8, 4) is 0 Å². The molecule has 92 valence electrons. The molecule has 0 aliphatic heterocycles. The molecule has 2 N–H and O–H groups in total. The van der Waals surface area contributed by atoms with Gasteiger partial charge in [-0.25, -0.2) is 0 Å². The van der Waals surface area contributed by atoms with Crippen molar-refractivity contribution in [1.29, 1.82) is 0 Å². The Morgan fingerprint density at radius 1 is 1.29 bits per heavy atom. The topological polar surface area (TPSA) is 53.5 Å². The van der Waals surface area contributed by atoms with Gasteiger partial charge in [-0.05, 0) is 45.0 Å². The van der Waals surface area contributed by atoms with E-state index in [-0.39, 0.29) is 11.4 Å². The summed E-state index contributed by atoms with van der Waals surface area (Å²) in [6, 6.07) is 6.64. The van der Waals surface area contributed by atoms with Crippen LogP contribution < -0.4 is 10.9 Å². The van der Waals surface area contributed by atoms with Crippen LogP contribution in [0.2, 0.25) is 5.02 Å². The van der Waals surface area contributed by atoms with Crippen molar-refractivity contribution in [1.82, 2.24) is 10.9 Å². The van der Waals surface area contributed by atoms with Crippen molar-refractivity contribution in [2.24, 2.45) is 4.99 Å². The molecule has 1 rings (SSSR count). The second-order valence-electron chi connectivity index (χ2n) is 4.53. The maximum atomic E-state index is 11.6. The predicted molar refractivity (Wildman–Crippen MR) is 70.3 cm³/mol. The van der Waals surface area contributed by atoms with Gasteiger partial charge in [0.25, 0.3) is 5.91 Å². The van der Waals surface area contributed by atoms with Crippen molar-refractivity contribution in [2.45, 2.75) is 26.3 Å². The van der Waals surface area contributed by atoms with Crippen LogP contribution >= 0.6 is 11.6 Å². The van der Waals surface area contributed by atoms with E-state index in [1.165, 1.54) is 6.34 Å². The van der Waals surface area contributed by atoms with Crippen molar-refractivity contribution >= 4 is 23.8 Å². The highest BCUT2D eigenvalue weighted by molar-refractivity contribution is 6.30. The van der Waals surface area contributed by atoms with E-state index in [0.29, 0.717) is 10.6 Å². The molecule has 1 aromatic carbocycles. The number of benzene rings is 1. The van der Waals surface area contributed by atoms with Gasteiger partial charge >= 0.3 is 0 Å². The van der Waals surface area contributed by atoms with Crippen LogP contribution in [0.25, 0.3) is 0 Å². The molecule has 0 spiro atoms. The predicted octanol–water partition coefficient (Wildman–Crippen LogP) is 2.40. The van der Waals surface area contributed by atoms with Crippen LogP contribution in [0.1, 0.15) is 31.1 Å². The number of amides is 1. The van der Waals surface area contributed by atoms with Gasteiger partial charge in [-0.2, -0.15) is 0 Å². The van der Waals surface area contributed by atoms with Crippen LogP contribution in [0.15, 0.2) is 29.3 Å². The number of aliphatic imine (C=N–C) groups is 1. The zero-order valence-corrected chi connectivity index (χ0v) is 10.9. The summed E-state index contributed by atoms with van der Waals surface area (Å²) >= 11 is 5.72. The Kier molecular flexibility index (Phi) is 4.52. The first-order valence-electron chi connectivity index (χ1n) is 5.23. The molecular weight excluding hydrogens is 238 g/mol. The van der Waals surface area contributed by atoms with E-state index < -0.39 is 0 Å². The highest BCUT2D eigenvalue weighted by Crippen LogP contribution is 2.09. The highest BCUT2D eigenvalue weighted by atomic mass is 35.5. The number of nitrogens with one attached hydrogen (secondary N) is 2. The van der Waals surface area contributed by atoms with Crippen molar-refractivity contribution in [3.05, 3.63) is 34.9 Å². The van der Waals surface area contributed by atoms with Gasteiger partial charge in [-0.3, -0.25) is 20.6 Å². The number of carbonyl (C=O) groups excluding carboxylic acids is 1. The molecule has 0 heterocycles. The lowest BCUT2D eigenvalue weighted by Gasteiger charge is -2.11. The lowest BCUT2D eigenvalue weighted by Crippen LogP contribution is -2.37. The minimum Gasteiger partial charge on any atom is -0.288 e. The van der Waals surface area contributed by atoms with Crippen LogP contribution in [0.4, 0.5) is 0 Å². The fourth-order valence-corrected chi connectivity index (χ4v) is 1.12. The van der Waals surface area contributed by atoms with E-state index >= 15 is 0 Å². The average molecular weight is 254 g/mol. The normalized spacial score (nSPS) is 11.5. The van der Waals surface area contributed by atoms with Crippen molar-refractivity contribution in [3.63, 3.8) is 0 Å². The molecule has 1 aromatic rings. The maximum Gasteiger partial charge on any atom is 0.269 e. The largest absolute Gasteiger partial charge is 0.288 e. The minimum atomic E-state index is -0.234. The van der Waals surface area contributed by atoms with Gasteiger partial charge in [0.1, 0.15) is 6.34 Å². The molecule has 0 saturated carbocycles. The van der Waals surface area contributed by atoms with E-state index in [4.69, 9.17) is 11.6 Å². The standard InChI is InChI=1S/C12H16ClN3O/c1-12(2,3)14-8-15-16-11(17)9-4-6-10(13)7-5-9/h4-8H,1-3H3,(H,14,15)(H,16,17). The highest BCUT2D eigenvalue weighted by Gasteiger charge is 2.05. The molecular formula is C12H16ClN3O. The van der Waals surface area contributed by atoms with Gasteiger partial charge in [0.05, 0.1) is 5.54 Å². The molecule has 4 nitrogen and oxygen atoms in total. The van der Waals surface area contributed by atoms with Gasteiger partial charge in [0, 0.05) is 10.6 Å². The summed E-state index contributed by atoms with van der Waals surface area (Å²) in [5, 5.41) is 0.601. The molecule has 0 atom stereocenters. The maximum absolute atomic E-state index is 11.6. The first-order valence-corrected chi connectivity index (χ1v) is 5.61. The Bertz CT molecular complexity index is 407. The minimum absolute atomic E-state index is 0.169. The van der Waals surface area contributed by atoms with Gasteiger partial charge in [-0.1, -0.05) is 11.6 Å². The average Bonchev–Trinajstić information content (AvgIpc) is 2.24. The van der Waals surface area contributed by atoms with Crippen molar-refractivity contribution in [2.75, 3.05) is 0 Å². The van der Waals surface area contributed by atoms with Crippen LogP contribution in [-0.2, 0) is 0 Å². The van der Waals surface area contributed by atoms with Gasteiger partial charge < -0.3 is 0 Å². The van der Waals surface area contributed by atoms with E-state index in [2.05, 4.69) is 15.8 Å². The molecule has 0 aromatic heterocycles. The molecule has 0 unspecified atom stereocenters. The Balaban J connectivity index is 2.46. The van der Waals surface area contributed by atoms with Gasteiger partial charge in [0.2, 0.25) is 0 Å². The van der Waals surface area contributed by atoms with E-state index in [9.17, 15) is 4.79 Å².